The number of nitrogens with zero attached hydrogens (tertiary/aromatic N) is 1. The van der Waals surface area contributed by atoms with Crippen molar-refractivity contribution in [1.82, 2.24) is 21.0 Å². The highest BCUT2D eigenvalue weighted by molar-refractivity contribution is 6.12. The summed E-state index contributed by atoms with van der Waals surface area (Å²) in [5, 5.41) is 14.7. The predicted octanol–water partition coefficient (Wildman–Crippen LogP) is 2.36. The average molecular weight is 503 g/mol. The third-order valence-corrected chi connectivity index (χ3v) is 6.05. The number of carbonyl (C=O) groups excluding carboxylic acids is 3. The molecule has 1 heterocycles. The van der Waals surface area contributed by atoms with Crippen LogP contribution in [0, 0.1) is 18.8 Å². The van der Waals surface area contributed by atoms with E-state index in [2.05, 4.69) is 22.5 Å². The molecule has 0 aliphatic heterocycles. The molecule has 3 rings (SSSR count). The van der Waals surface area contributed by atoms with Gasteiger partial charge in [-0.25, -0.2) is 5.48 Å². The van der Waals surface area contributed by atoms with Gasteiger partial charge in [0.2, 0.25) is 0 Å². The molecule has 2 aromatic carbocycles. The Labute approximate surface area is 215 Å². The maximum atomic E-state index is 12.9. The summed E-state index contributed by atoms with van der Waals surface area (Å²) in [4.78, 5) is 38.4. The number of amides is 3. The number of benzene rings is 2. The van der Waals surface area contributed by atoms with Gasteiger partial charge in [-0.3, -0.25) is 19.6 Å². The summed E-state index contributed by atoms with van der Waals surface area (Å²) in [5.74, 6) is 5.61. The van der Waals surface area contributed by atoms with Gasteiger partial charge in [-0.1, -0.05) is 24.0 Å². The summed E-state index contributed by atoms with van der Waals surface area (Å²) in [7, 11) is 2.66. The van der Waals surface area contributed by atoms with Crippen LogP contribution in [-0.4, -0.2) is 47.5 Å². The van der Waals surface area contributed by atoms with Crippen LogP contribution in [0.15, 0.2) is 65.1 Å². The molecular formula is C28H30N4O5. The van der Waals surface area contributed by atoms with Gasteiger partial charge in [0.1, 0.15) is 11.5 Å². The van der Waals surface area contributed by atoms with Crippen LogP contribution in [-0.2, 0) is 22.7 Å². The summed E-state index contributed by atoms with van der Waals surface area (Å²) in [6, 6.07) is 18.3. The Kier molecular flexibility index (Phi) is 8.85. The molecule has 3 aromatic rings. The normalized spacial score (nSPS) is 12.0. The second kappa shape index (κ2) is 12.0. The van der Waals surface area contributed by atoms with E-state index in [-0.39, 0.29) is 5.56 Å². The van der Waals surface area contributed by atoms with Crippen molar-refractivity contribution in [3.63, 3.8) is 0 Å². The second-order valence-corrected chi connectivity index (χ2v) is 8.60. The molecule has 37 heavy (non-hydrogen) atoms. The van der Waals surface area contributed by atoms with Crippen LogP contribution in [0.1, 0.15) is 45.5 Å². The first-order chi connectivity index (χ1) is 17.7. The zero-order valence-electron chi connectivity index (χ0n) is 21.2. The lowest BCUT2D eigenvalue weighted by Crippen LogP contribution is -2.64. The quantitative estimate of drug-likeness (QED) is 0.162. The van der Waals surface area contributed by atoms with E-state index < -0.39 is 23.3 Å². The minimum atomic E-state index is -1.95. The standard InChI is InChI=1S/C28H30N4O5/c1-19-5-16-24(37-19)18-30-17-22-10-8-20(9-11-22)6-7-21-12-14-23(15-13-21)25(33)32(4)28(2,26(34)29-3)27(35)31-36/h5,8-16,30,36H,17-18H2,1-4H3,(H,29,34)(H,31,35)/t28-/m0/s1. The number of hydroxylamine groups is 1. The molecule has 0 saturated heterocycles. The molecule has 0 spiro atoms. The van der Waals surface area contributed by atoms with E-state index in [0.717, 1.165) is 27.5 Å². The van der Waals surface area contributed by atoms with Gasteiger partial charge in [-0.15, -0.1) is 0 Å². The van der Waals surface area contributed by atoms with Crippen molar-refractivity contribution in [2.24, 2.45) is 0 Å². The Morgan fingerprint density at radius 1 is 0.919 bits per heavy atom. The summed E-state index contributed by atoms with van der Waals surface area (Å²) in [6.45, 7) is 4.53. The lowest BCUT2D eigenvalue weighted by molar-refractivity contribution is -0.148. The molecule has 4 N–H and O–H groups in total. The first kappa shape index (κ1) is 27.2. The fraction of sp³-hybridized carbons (Fsp3) is 0.250. The van der Waals surface area contributed by atoms with Crippen LogP contribution in [0.25, 0.3) is 0 Å². The van der Waals surface area contributed by atoms with Gasteiger partial charge in [-0.2, -0.15) is 0 Å². The predicted molar refractivity (Wildman–Crippen MR) is 137 cm³/mol. The highest BCUT2D eigenvalue weighted by Crippen LogP contribution is 2.18. The Balaban J connectivity index is 1.62. The maximum absolute atomic E-state index is 12.9. The minimum absolute atomic E-state index is 0.260. The van der Waals surface area contributed by atoms with E-state index in [4.69, 9.17) is 9.62 Å². The number of likely N-dealkylation sites (N-methyl/N-ethyl adjacent to an activating group) is 2. The van der Waals surface area contributed by atoms with Crippen molar-refractivity contribution < 1.29 is 24.0 Å². The van der Waals surface area contributed by atoms with Crippen molar-refractivity contribution in [1.29, 1.82) is 0 Å². The molecule has 0 bridgehead atoms. The van der Waals surface area contributed by atoms with Gasteiger partial charge in [0, 0.05) is 37.3 Å². The van der Waals surface area contributed by atoms with Gasteiger partial charge < -0.3 is 20.0 Å². The van der Waals surface area contributed by atoms with Gasteiger partial charge in [0.05, 0.1) is 6.54 Å². The molecule has 0 radical (unpaired) electrons. The van der Waals surface area contributed by atoms with Crippen LogP contribution in [0.3, 0.4) is 0 Å². The first-order valence-corrected chi connectivity index (χ1v) is 11.6. The Morgan fingerprint density at radius 3 is 2.03 bits per heavy atom. The Bertz CT molecular complexity index is 1300. The van der Waals surface area contributed by atoms with Crippen LogP contribution < -0.4 is 16.1 Å². The van der Waals surface area contributed by atoms with Crippen LogP contribution in [0.4, 0.5) is 0 Å². The molecule has 9 nitrogen and oxygen atoms in total. The van der Waals surface area contributed by atoms with Gasteiger partial charge in [0.25, 0.3) is 17.7 Å². The van der Waals surface area contributed by atoms with Crippen molar-refractivity contribution in [2.75, 3.05) is 14.1 Å². The van der Waals surface area contributed by atoms with E-state index in [0.29, 0.717) is 18.7 Å². The number of rotatable bonds is 8. The number of furan rings is 1. The topological polar surface area (TPSA) is 124 Å². The summed E-state index contributed by atoms with van der Waals surface area (Å²) >= 11 is 0. The third kappa shape index (κ3) is 6.44. The molecular weight excluding hydrogens is 472 g/mol. The van der Waals surface area contributed by atoms with Crippen LogP contribution in [0.5, 0.6) is 0 Å². The van der Waals surface area contributed by atoms with E-state index >= 15 is 0 Å². The van der Waals surface area contributed by atoms with Gasteiger partial charge in [0.15, 0.2) is 5.54 Å². The molecule has 0 aliphatic rings. The fourth-order valence-electron chi connectivity index (χ4n) is 3.61. The molecule has 0 unspecified atom stereocenters. The number of aryl methyl sites for hydroxylation is 1. The van der Waals surface area contributed by atoms with Crippen molar-refractivity contribution in [2.45, 2.75) is 32.5 Å². The minimum Gasteiger partial charge on any atom is -0.465 e. The third-order valence-electron chi connectivity index (χ3n) is 6.05. The lowest BCUT2D eigenvalue weighted by atomic mass is 9.96. The fourth-order valence-corrected chi connectivity index (χ4v) is 3.61. The lowest BCUT2D eigenvalue weighted by Gasteiger charge is -2.34. The summed E-state index contributed by atoms with van der Waals surface area (Å²) < 4.78 is 5.55. The van der Waals surface area contributed by atoms with Crippen LogP contribution >= 0.6 is 0 Å². The zero-order valence-corrected chi connectivity index (χ0v) is 21.2. The molecule has 0 fully saturated rings. The molecule has 0 saturated carbocycles. The molecule has 192 valence electrons. The zero-order chi connectivity index (χ0) is 27.0. The van der Waals surface area contributed by atoms with Crippen molar-refractivity contribution in [3.05, 3.63) is 94.4 Å². The largest absolute Gasteiger partial charge is 0.465 e. The number of carbonyl (C=O) groups is 3. The highest BCUT2D eigenvalue weighted by atomic mass is 16.5. The van der Waals surface area contributed by atoms with Crippen LogP contribution in [0.2, 0.25) is 0 Å². The van der Waals surface area contributed by atoms with E-state index in [1.807, 2.05) is 43.3 Å². The smallest absolute Gasteiger partial charge is 0.278 e. The molecule has 3 amide bonds. The van der Waals surface area contributed by atoms with E-state index in [1.54, 1.807) is 24.3 Å². The number of hydrogen-bond donors (Lipinski definition) is 4. The van der Waals surface area contributed by atoms with Gasteiger partial charge >= 0.3 is 0 Å². The van der Waals surface area contributed by atoms with Crippen molar-refractivity contribution in [3.8, 4) is 11.8 Å². The van der Waals surface area contributed by atoms with Gasteiger partial charge in [-0.05, 0) is 67.9 Å². The van der Waals surface area contributed by atoms with Crippen molar-refractivity contribution >= 4 is 17.7 Å². The highest BCUT2D eigenvalue weighted by Gasteiger charge is 2.47. The first-order valence-electron chi connectivity index (χ1n) is 11.6. The molecule has 0 aliphatic carbocycles. The number of nitrogens with one attached hydrogen (secondary N) is 3. The van der Waals surface area contributed by atoms with E-state index in [9.17, 15) is 14.4 Å². The Hall–Kier alpha value is -4.39. The molecule has 1 aromatic heterocycles. The number of hydrogen-bond acceptors (Lipinski definition) is 6. The van der Waals surface area contributed by atoms with E-state index in [1.165, 1.54) is 26.5 Å². The SMILES string of the molecule is CNC(=O)[C@@](C)(C(=O)NO)N(C)C(=O)c1ccc(C#Cc2ccc(CNCc3ccc(C)o3)cc2)cc1. The average Bonchev–Trinajstić information content (AvgIpc) is 3.35. The second-order valence-electron chi connectivity index (χ2n) is 8.60. The molecule has 9 heteroatoms. The summed E-state index contributed by atoms with van der Waals surface area (Å²) in [5.41, 5.74) is 2.43. The maximum Gasteiger partial charge on any atom is 0.278 e. The monoisotopic (exact) mass is 502 g/mol. The summed E-state index contributed by atoms with van der Waals surface area (Å²) in [6.07, 6.45) is 0. The Morgan fingerprint density at radius 2 is 1.51 bits per heavy atom. The molecule has 1 atom stereocenters.